The van der Waals surface area contributed by atoms with Gasteiger partial charge in [0, 0.05) is 28.9 Å². The first kappa shape index (κ1) is 26.1. The highest BCUT2D eigenvalue weighted by Gasteiger charge is 2.47. The number of hydrogen-bond donors (Lipinski definition) is 1. The van der Waals surface area contributed by atoms with E-state index in [9.17, 15) is 19.2 Å². The summed E-state index contributed by atoms with van der Waals surface area (Å²) in [5.41, 5.74) is -1.22. The molecule has 32 heavy (non-hydrogen) atoms. The van der Waals surface area contributed by atoms with Gasteiger partial charge in [0.1, 0.15) is 11.8 Å². The van der Waals surface area contributed by atoms with Crippen molar-refractivity contribution in [3.05, 3.63) is 33.8 Å². The van der Waals surface area contributed by atoms with Gasteiger partial charge in [0.2, 0.25) is 0 Å². The number of rotatable bonds is 6. The van der Waals surface area contributed by atoms with Gasteiger partial charge in [-0.1, -0.05) is 37.0 Å². The first-order chi connectivity index (χ1) is 14.7. The van der Waals surface area contributed by atoms with Gasteiger partial charge in [-0.15, -0.1) is 0 Å². The SMILES string of the molecule is CC(C)[C@H](NC(=O)c1ccc(Cl)cc1Cl)C(=O)OCC(=O)N1C(C)(C)CC(=O)CC1(C)C. The Bertz CT molecular complexity index is 907. The number of ketones is 1. The second-order valence-corrected chi connectivity index (χ2v) is 10.5. The predicted octanol–water partition coefficient (Wildman–Crippen LogP) is 4.04. The third-order valence-electron chi connectivity index (χ3n) is 5.44. The van der Waals surface area contributed by atoms with Crippen molar-refractivity contribution in [2.45, 2.75) is 71.5 Å². The summed E-state index contributed by atoms with van der Waals surface area (Å²) in [7, 11) is 0. The maximum Gasteiger partial charge on any atom is 0.329 e. The molecule has 1 aromatic carbocycles. The van der Waals surface area contributed by atoms with Crippen molar-refractivity contribution < 1.29 is 23.9 Å². The minimum atomic E-state index is -0.981. The quantitative estimate of drug-likeness (QED) is 0.614. The van der Waals surface area contributed by atoms with Gasteiger partial charge < -0.3 is 15.0 Å². The van der Waals surface area contributed by atoms with Gasteiger partial charge in [-0.25, -0.2) is 4.79 Å². The number of nitrogens with one attached hydrogen (secondary N) is 1. The molecule has 1 heterocycles. The number of ether oxygens (including phenoxy) is 1. The maximum absolute atomic E-state index is 13.0. The second kappa shape index (κ2) is 9.79. The average Bonchev–Trinajstić information content (AvgIpc) is 2.61. The van der Waals surface area contributed by atoms with Crippen LogP contribution in [0.5, 0.6) is 0 Å². The first-order valence-corrected chi connectivity index (χ1v) is 11.2. The normalized spacial score (nSPS) is 18.3. The summed E-state index contributed by atoms with van der Waals surface area (Å²) in [6.07, 6.45) is 0.477. The van der Waals surface area contributed by atoms with Gasteiger partial charge in [-0.2, -0.15) is 0 Å². The molecule has 176 valence electrons. The molecule has 0 unspecified atom stereocenters. The summed E-state index contributed by atoms with van der Waals surface area (Å²) in [5, 5.41) is 3.17. The summed E-state index contributed by atoms with van der Waals surface area (Å²) in [4.78, 5) is 52.0. The smallest absolute Gasteiger partial charge is 0.329 e. The van der Waals surface area contributed by atoms with Gasteiger partial charge in [-0.3, -0.25) is 14.4 Å². The van der Waals surface area contributed by atoms with Crippen LogP contribution in [0.15, 0.2) is 18.2 Å². The standard InChI is InChI=1S/C23H30Cl2N2O5/c1-13(2)19(26-20(30)16-8-7-14(24)9-17(16)25)21(31)32-12-18(29)27-22(3,4)10-15(28)11-23(27,5)6/h7-9,13,19H,10-12H2,1-6H3,(H,26,30)/t19-/m0/s1. The molecule has 9 heteroatoms. The van der Waals surface area contributed by atoms with E-state index in [1.807, 2.05) is 27.7 Å². The Hall–Kier alpha value is -2.12. The van der Waals surface area contributed by atoms with Crippen molar-refractivity contribution in [3.8, 4) is 0 Å². The molecule has 2 amide bonds. The summed E-state index contributed by atoms with van der Waals surface area (Å²) in [6.45, 7) is 10.3. The fourth-order valence-electron chi connectivity index (χ4n) is 4.36. The molecule has 0 aliphatic carbocycles. The van der Waals surface area contributed by atoms with Gasteiger partial charge in [0.05, 0.1) is 10.6 Å². The Kier molecular flexibility index (Phi) is 8.00. The second-order valence-electron chi connectivity index (χ2n) is 9.67. The van der Waals surface area contributed by atoms with Crippen LogP contribution in [-0.4, -0.2) is 52.2 Å². The minimum absolute atomic E-state index is 0.0875. The Morgan fingerprint density at radius 2 is 1.66 bits per heavy atom. The molecule has 0 aromatic heterocycles. The highest BCUT2D eigenvalue weighted by Crippen LogP contribution is 2.36. The number of nitrogens with zero attached hydrogens (tertiary/aromatic N) is 1. The van der Waals surface area contributed by atoms with Crippen LogP contribution in [0.25, 0.3) is 0 Å². The molecule has 0 spiro atoms. The van der Waals surface area contributed by atoms with Gasteiger partial charge in [0.25, 0.3) is 11.8 Å². The fraction of sp³-hybridized carbons (Fsp3) is 0.565. The monoisotopic (exact) mass is 484 g/mol. The lowest BCUT2D eigenvalue weighted by Gasteiger charge is -2.52. The van der Waals surface area contributed by atoms with Crippen LogP contribution in [0.2, 0.25) is 10.0 Å². The molecule has 1 aliphatic heterocycles. The van der Waals surface area contributed by atoms with Crippen molar-refractivity contribution in [2.24, 2.45) is 5.92 Å². The van der Waals surface area contributed by atoms with E-state index in [-0.39, 0.29) is 35.1 Å². The van der Waals surface area contributed by atoms with E-state index >= 15 is 0 Å². The Morgan fingerprint density at radius 1 is 1.09 bits per heavy atom. The zero-order chi connectivity index (χ0) is 24.4. The molecule has 2 rings (SSSR count). The highest BCUT2D eigenvalue weighted by molar-refractivity contribution is 6.36. The van der Waals surface area contributed by atoms with E-state index in [1.54, 1.807) is 18.7 Å². The zero-order valence-electron chi connectivity index (χ0n) is 19.3. The molecule has 0 saturated carbocycles. The number of esters is 1. The van der Waals surface area contributed by atoms with Crippen LogP contribution in [-0.2, 0) is 19.1 Å². The van der Waals surface area contributed by atoms with E-state index in [4.69, 9.17) is 27.9 Å². The van der Waals surface area contributed by atoms with Crippen molar-refractivity contribution >= 4 is 46.8 Å². The number of carbonyl (C=O) groups excluding carboxylic acids is 4. The van der Waals surface area contributed by atoms with Crippen LogP contribution in [0.3, 0.4) is 0 Å². The van der Waals surface area contributed by atoms with Crippen LogP contribution < -0.4 is 5.32 Å². The summed E-state index contributed by atoms with van der Waals surface area (Å²) >= 11 is 12.0. The molecule has 1 atom stereocenters. The van der Waals surface area contributed by atoms with Crippen LogP contribution >= 0.6 is 23.2 Å². The van der Waals surface area contributed by atoms with Gasteiger partial charge in [0.15, 0.2) is 6.61 Å². The number of piperidine rings is 1. The molecule has 1 fully saturated rings. The molecule has 1 N–H and O–H groups in total. The van der Waals surface area contributed by atoms with E-state index < -0.39 is 41.5 Å². The van der Waals surface area contributed by atoms with Crippen LogP contribution in [0.1, 0.15) is 64.7 Å². The van der Waals surface area contributed by atoms with Crippen LogP contribution in [0, 0.1) is 5.92 Å². The van der Waals surface area contributed by atoms with Crippen LogP contribution in [0.4, 0.5) is 0 Å². The predicted molar refractivity (Wildman–Crippen MR) is 123 cm³/mol. The minimum Gasteiger partial charge on any atom is -0.454 e. The number of carbonyl (C=O) groups is 4. The van der Waals surface area contributed by atoms with E-state index in [0.717, 1.165) is 0 Å². The molecule has 7 nitrogen and oxygen atoms in total. The maximum atomic E-state index is 13.0. The Labute approximate surface area is 198 Å². The van der Waals surface area contributed by atoms with Gasteiger partial charge in [-0.05, 0) is 51.8 Å². The number of hydrogen-bond acceptors (Lipinski definition) is 5. The van der Waals surface area contributed by atoms with Crippen molar-refractivity contribution in [3.63, 3.8) is 0 Å². The number of benzene rings is 1. The summed E-state index contributed by atoms with van der Waals surface area (Å²) < 4.78 is 5.30. The van der Waals surface area contributed by atoms with Crippen molar-refractivity contribution in [1.29, 1.82) is 0 Å². The number of amides is 2. The third kappa shape index (κ3) is 6.01. The summed E-state index contributed by atoms with van der Waals surface area (Å²) in [5.74, 6) is -1.88. The molecule has 1 saturated heterocycles. The molecule has 1 aliphatic rings. The van der Waals surface area contributed by atoms with E-state index in [1.165, 1.54) is 18.2 Å². The zero-order valence-corrected chi connectivity index (χ0v) is 20.8. The van der Waals surface area contributed by atoms with E-state index in [0.29, 0.717) is 5.02 Å². The largest absolute Gasteiger partial charge is 0.454 e. The lowest BCUT2D eigenvalue weighted by molar-refractivity contribution is -0.164. The lowest BCUT2D eigenvalue weighted by atomic mass is 9.79. The summed E-state index contributed by atoms with van der Waals surface area (Å²) in [6, 6.07) is 3.45. The highest BCUT2D eigenvalue weighted by atomic mass is 35.5. The molecular weight excluding hydrogens is 455 g/mol. The fourth-order valence-corrected chi connectivity index (χ4v) is 4.85. The number of halogens is 2. The number of Topliss-reactive ketones (excluding diaryl/α,β-unsaturated/α-hetero) is 1. The molecule has 0 bridgehead atoms. The Balaban J connectivity index is 2.09. The van der Waals surface area contributed by atoms with E-state index in [2.05, 4.69) is 5.32 Å². The molecule has 1 aromatic rings. The Morgan fingerprint density at radius 3 is 2.16 bits per heavy atom. The number of likely N-dealkylation sites (tertiary alicyclic amines) is 1. The van der Waals surface area contributed by atoms with Crippen molar-refractivity contribution in [1.82, 2.24) is 10.2 Å². The average molecular weight is 485 g/mol. The lowest BCUT2D eigenvalue weighted by Crippen LogP contribution is -2.64. The topological polar surface area (TPSA) is 92.8 Å². The molecular formula is C23H30Cl2N2O5. The molecule has 0 radical (unpaired) electrons. The third-order valence-corrected chi connectivity index (χ3v) is 5.99. The van der Waals surface area contributed by atoms with Gasteiger partial charge >= 0.3 is 5.97 Å². The van der Waals surface area contributed by atoms with Crippen molar-refractivity contribution in [2.75, 3.05) is 6.61 Å². The first-order valence-electron chi connectivity index (χ1n) is 10.4.